The van der Waals surface area contributed by atoms with E-state index in [1.807, 2.05) is 24.3 Å². The maximum atomic E-state index is 11.6. The highest BCUT2D eigenvalue weighted by molar-refractivity contribution is 6.27. The Labute approximate surface area is 140 Å². The van der Waals surface area contributed by atoms with Gasteiger partial charge in [0.25, 0.3) is 0 Å². The first-order valence-electron chi connectivity index (χ1n) is 7.65. The van der Waals surface area contributed by atoms with Crippen LogP contribution in [0.3, 0.4) is 0 Å². The van der Waals surface area contributed by atoms with Crippen molar-refractivity contribution in [3.8, 4) is 11.1 Å². The van der Waals surface area contributed by atoms with Crippen LogP contribution in [0.25, 0.3) is 22.0 Å². The number of amides is 1. The second kappa shape index (κ2) is 6.88. The predicted molar refractivity (Wildman–Crippen MR) is 95.8 cm³/mol. The van der Waals surface area contributed by atoms with E-state index in [-0.39, 0.29) is 11.8 Å². The summed E-state index contributed by atoms with van der Waals surface area (Å²) in [5, 5.41) is 1.21. The first kappa shape index (κ1) is 15.6. The van der Waals surface area contributed by atoms with E-state index >= 15 is 0 Å². The largest absolute Gasteiger partial charge is 0.358 e. The van der Waals surface area contributed by atoms with Crippen molar-refractivity contribution >= 4 is 28.4 Å². The van der Waals surface area contributed by atoms with Gasteiger partial charge in [0.15, 0.2) is 0 Å². The fourth-order valence-corrected chi connectivity index (χ4v) is 3.03. The number of para-hydroxylation sites is 1. The molecule has 0 atom stereocenters. The minimum atomic E-state index is -0.0518. The molecule has 3 rings (SSSR count). The van der Waals surface area contributed by atoms with Crippen molar-refractivity contribution in [3.05, 3.63) is 60.3 Å². The van der Waals surface area contributed by atoms with Gasteiger partial charge in [0, 0.05) is 42.2 Å². The molecule has 0 aliphatic heterocycles. The Bertz CT molecular complexity index is 811. The molecular weight excluding hydrogens is 308 g/mol. The zero-order chi connectivity index (χ0) is 16.2. The molecule has 0 aliphatic rings. The highest BCUT2D eigenvalue weighted by Crippen LogP contribution is 2.32. The Balaban J connectivity index is 1.98. The smallest absolute Gasteiger partial charge is 0.237 e. The molecule has 0 saturated heterocycles. The van der Waals surface area contributed by atoms with Crippen LogP contribution in [-0.4, -0.2) is 35.3 Å². The number of benzene rings is 2. The van der Waals surface area contributed by atoms with E-state index in [0.717, 1.165) is 17.6 Å². The lowest BCUT2D eigenvalue weighted by molar-refractivity contribution is -0.127. The molecule has 1 amide bonds. The number of hydrogen-bond acceptors (Lipinski definition) is 1. The van der Waals surface area contributed by atoms with Crippen LogP contribution >= 0.6 is 11.6 Å². The molecule has 0 fully saturated rings. The molecule has 0 spiro atoms. The minimum Gasteiger partial charge on any atom is -0.358 e. The zero-order valence-electron chi connectivity index (χ0n) is 13.1. The van der Waals surface area contributed by atoms with Crippen molar-refractivity contribution in [1.82, 2.24) is 9.88 Å². The van der Waals surface area contributed by atoms with Gasteiger partial charge in [-0.3, -0.25) is 4.79 Å². The van der Waals surface area contributed by atoms with Gasteiger partial charge in [-0.15, -0.1) is 11.6 Å². The van der Waals surface area contributed by atoms with E-state index in [1.165, 1.54) is 16.5 Å². The standard InChI is InChI=1S/C19H19ClN2O/c1-22(18(23)13-20)12-11-17-19(14-7-3-2-4-8-14)15-9-5-6-10-16(15)21-17/h2-10,21H,11-13H2,1H3. The molecule has 0 radical (unpaired) electrons. The highest BCUT2D eigenvalue weighted by atomic mass is 35.5. The lowest BCUT2D eigenvalue weighted by atomic mass is 10.0. The molecule has 23 heavy (non-hydrogen) atoms. The first-order chi connectivity index (χ1) is 11.2. The summed E-state index contributed by atoms with van der Waals surface area (Å²) in [4.78, 5) is 16.8. The molecular formula is C19H19ClN2O. The fourth-order valence-electron chi connectivity index (χ4n) is 2.83. The SMILES string of the molecule is CN(CCc1[nH]c2ccccc2c1-c1ccccc1)C(=O)CCl. The van der Waals surface area contributed by atoms with Gasteiger partial charge >= 0.3 is 0 Å². The third-order valence-corrected chi connectivity index (χ3v) is 4.31. The molecule has 3 aromatic rings. The molecule has 0 unspecified atom stereocenters. The van der Waals surface area contributed by atoms with Crippen molar-refractivity contribution in [2.45, 2.75) is 6.42 Å². The van der Waals surface area contributed by atoms with E-state index in [1.54, 1.807) is 11.9 Å². The van der Waals surface area contributed by atoms with Gasteiger partial charge in [-0.25, -0.2) is 0 Å². The number of alkyl halides is 1. The number of hydrogen-bond donors (Lipinski definition) is 1. The van der Waals surface area contributed by atoms with E-state index in [4.69, 9.17) is 11.6 Å². The minimum absolute atomic E-state index is 0.0226. The van der Waals surface area contributed by atoms with Crippen molar-refractivity contribution in [2.75, 3.05) is 19.5 Å². The molecule has 3 nitrogen and oxygen atoms in total. The van der Waals surface area contributed by atoms with Crippen LogP contribution in [0, 0.1) is 0 Å². The van der Waals surface area contributed by atoms with Gasteiger partial charge in [-0.05, 0) is 11.6 Å². The number of rotatable bonds is 5. The molecule has 2 aromatic carbocycles. The predicted octanol–water partition coefficient (Wildman–Crippen LogP) is 4.07. The van der Waals surface area contributed by atoms with Gasteiger partial charge in [0.1, 0.15) is 5.88 Å². The Morgan fingerprint density at radius 2 is 1.78 bits per heavy atom. The third kappa shape index (κ3) is 3.25. The van der Waals surface area contributed by atoms with Gasteiger partial charge in [-0.1, -0.05) is 48.5 Å². The van der Waals surface area contributed by atoms with Gasteiger partial charge < -0.3 is 9.88 Å². The molecule has 1 heterocycles. The van der Waals surface area contributed by atoms with E-state index in [9.17, 15) is 4.79 Å². The van der Waals surface area contributed by atoms with Crippen LogP contribution in [0.1, 0.15) is 5.69 Å². The molecule has 0 aliphatic carbocycles. The van der Waals surface area contributed by atoms with E-state index in [0.29, 0.717) is 6.54 Å². The average molecular weight is 327 g/mol. The number of H-pyrrole nitrogens is 1. The normalized spacial score (nSPS) is 10.9. The first-order valence-corrected chi connectivity index (χ1v) is 8.19. The summed E-state index contributed by atoms with van der Waals surface area (Å²) in [5.41, 5.74) is 4.67. The van der Waals surface area contributed by atoms with Crippen LogP contribution in [0.5, 0.6) is 0 Å². The monoisotopic (exact) mass is 326 g/mol. The second-order valence-corrected chi connectivity index (χ2v) is 5.86. The molecule has 4 heteroatoms. The van der Waals surface area contributed by atoms with Crippen LogP contribution in [0.15, 0.2) is 54.6 Å². The number of halogens is 1. The van der Waals surface area contributed by atoms with Crippen molar-refractivity contribution in [2.24, 2.45) is 0 Å². The third-order valence-electron chi connectivity index (χ3n) is 4.08. The zero-order valence-corrected chi connectivity index (χ0v) is 13.8. The number of aromatic amines is 1. The number of carbonyl (C=O) groups is 1. The Morgan fingerprint density at radius 3 is 2.52 bits per heavy atom. The molecule has 118 valence electrons. The summed E-state index contributed by atoms with van der Waals surface area (Å²) in [6.07, 6.45) is 0.762. The van der Waals surface area contributed by atoms with Crippen molar-refractivity contribution < 1.29 is 4.79 Å². The van der Waals surface area contributed by atoms with E-state index in [2.05, 4.69) is 35.3 Å². The van der Waals surface area contributed by atoms with Crippen LogP contribution in [0.2, 0.25) is 0 Å². The summed E-state index contributed by atoms with van der Waals surface area (Å²) < 4.78 is 0. The summed E-state index contributed by atoms with van der Waals surface area (Å²) >= 11 is 5.62. The topological polar surface area (TPSA) is 36.1 Å². The maximum Gasteiger partial charge on any atom is 0.237 e. The Hall–Kier alpha value is -2.26. The Kier molecular flexibility index (Phi) is 4.68. The molecule has 1 aromatic heterocycles. The summed E-state index contributed by atoms with van der Waals surface area (Å²) in [5.74, 6) is -0.0293. The van der Waals surface area contributed by atoms with Crippen LogP contribution in [0.4, 0.5) is 0 Å². The average Bonchev–Trinajstić information content (AvgIpc) is 2.98. The van der Waals surface area contributed by atoms with Crippen molar-refractivity contribution in [3.63, 3.8) is 0 Å². The quantitative estimate of drug-likeness (QED) is 0.705. The highest BCUT2D eigenvalue weighted by Gasteiger charge is 2.14. The maximum absolute atomic E-state index is 11.6. The number of aromatic nitrogens is 1. The van der Waals surface area contributed by atoms with Gasteiger partial charge in [-0.2, -0.15) is 0 Å². The van der Waals surface area contributed by atoms with E-state index < -0.39 is 0 Å². The van der Waals surface area contributed by atoms with Gasteiger partial charge in [0.2, 0.25) is 5.91 Å². The number of nitrogens with zero attached hydrogens (tertiary/aromatic N) is 1. The molecule has 0 bridgehead atoms. The lowest BCUT2D eigenvalue weighted by Crippen LogP contribution is -2.29. The van der Waals surface area contributed by atoms with Gasteiger partial charge in [0.05, 0.1) is 0 Å². The fraction of sp³-hybridized carbons (Fsp3) is 0.211. The molecule has 0 saturated carbocycles. The Morgan fingerprint density at radius 1 is 1.09 bits per heavy atom. The summed E-state index contributed by atoms with van der Waals surface area (Å²) in [6.45, 7) is 0.637. The molecule has 1 N–H and O–H groups in total. The van der Waals surface area contributed by atoms with Crippen LogP contribution < -0.4 is 0 Å². The second-order valence-electron chi connectivity index (χ2n) is 5.59. The number of nitrogens with one attached hydrogen (secondary N) is 1. The summed E-state index contributed by atoms with van der Waals surface area (Å²) in [7, 11) is 1.79. The number of carbonyl (C=O) groups excluding carboxylic acids is 1. The lowest BCUT2D eigenvalue weighted by Gasteiger charge is -2.15. The van der Waals surface area contributed by atoms with Crippen LogP contribution in [-0.2, 0) is 11.2 Å². The number of fused-ring (bicyclic) bond motifs is 1. The van der Waals surface area contributed by atoms with Crippen molar-refractivity contribution in [1.29, 1.82) is 0 Å². The number of likely N-dealkylation sites (N-methyl/N-ethyl adjacent to an activating group) is 1. The summed E-state index contributed by atoms with van der Waals surface area (Å²) in [6, 6.07) is 18.6.